The molecule has 4 aromatic rings. The number of carbonyl (C=O) groups is 3. The smallest absolute Gasteiger partial charge is 0.238 e. The van der Waals surface area contributed by atoms with E-state index in [-0.39, 0.29) is 23.5 Å². The third kappa shape index (κ3) is 2.45. The van der Waals surface area contributed by atoms with Crippen molar-refractivity contribution >= 4 is 33.9 Å². The lowest BCUT2D eigenvalue weighted by Crippen LogP contribution is -2.61. The van der Waals surface area contributed by atoms with Crippen molar-refractivity contribution in [2.75, 3.05) is 19.0 Å². The van der Waals surface area contributed by atoms with E-state index in [1.165, 1.54) is 0 Å². The van der Waals surface area contributed by atoms with Crippen molar-refractivity contribution in [2.24, 2.45) is 5.92 Å². The molecule has 2 spiro atoms. The highest BCUT2D eigenvalue weighted by Gasteiger charge is 2.80. The van der Waals surface area contributed by atoms with Crippen molar-refractivity contribution in [3.63, 3.8) is 0 Å². The van der Waals surface area contributed by atoms with Crippen molar-refractivity contribution in [3.05, 3.63) is 107 Å². The van der Waals surface area contributed by atoms with Crippen molar-refractivity contribution in [1.82, 2.24) is 4.90 Å². The molecular weight excluding hydrogens is 488 g/mol. The molecule has 1 amide bonds. The number of benzene rings is 4. The molecule has 6 heteroatoms. The van der Waals surface area contributed by atoms with E-state index in [0.717, 1.165) is 34.7 Å². The van der Waals surface area contributed by atoms with E-state index >= 15 is 0 Å². The Morgan fingerprint density at radius 1 is 0.923 bits per heavy atom. The Morgan fingerprint density at radius 2 is 1.67 bits per heavy atom. The van der Waals surface area contributed by atoms with Gasteiger partial charge in [-0.1, -0.05) is 54.6 Å². The number of Topliss-reactive ketones (excluding diaryl/α,β-unsaturated/α-hetero) is 2. The van der Waals surface area contributed by atoms with Crippen LogP contribution in [-0.4, -0.2) is 42.1 Å². The highest BCUT2D eigenvalue weighted by atomic mass is 16.5. The average molecular weight is 515 g/mol. The van der Waals surface area contributed by atoms with Crippen LogP contribution >= 0.6 is 0 Å². The summed E-state index contributed by atoms with van der Waals surface area (Å²) < 4.78 is 5.33. The average Bonchev–Trinajstić information content (AvgIpc) is 3.68. The van der Waals surface area contributed by atoms with Gasteiger partial charge in [0.1, 0.15) is 16.7 Å². The van der Waals surface area contributed by atoms with E-state index in [4.69, 9.17) is 4.74 Å². The molecule has 3 aliphatic heterocycles. The van der Waals surface area contributed by atoms with E-state index in [2.05, 4.69) is 10.2 Å². The van der Waals surface area contributed by atoms with Gasteiger partial charge in [0.05, 0.1) is 13.0 Å². The van der Waals surface area contributed by atoms with Gasteiger partial charge in [0.25, 0.3) is 0 Å². The molecule has 1 aliphatic carbocycles. The van der Waals surface area contributed by atoms with Gasteiger partial charge in [0.15, 0.2) is 11.6 Å². The van der Waals surface area contributed by atoms with Gasteiger partial charge in [-0.3, -0.25) is 19.3 Å². The van der Waals surface area contributed by atoms with Gasteiger partial charge in [-0.05, 0) is 71.6 Å². The quantitative estimate of drug-likeness (QED) is 0.385. The Hall–Kier alpha value is -4.29. The summed E-state index contributed by atoms with van der Waals surface area (Å²) in [6.07, 6.45) is 1.60. The van der Waals surface area contributed by atoms with Gasteiger partial charge in [-0.2, -0.15) is 0 Å². The lowest BCUT2D eigenvalue weighted by molar-refractivity contribution is -0.124. The maximum atomic E-state index is 15.0. The number of hydrogen-bond donors (Lipinski definition) is 1. The van der Waals surface area contributed by atoms with E-state index in [1.807, 2.05) is 60.7 Å². The van der Waals surface area contributed by atoms with Gasteiger partial charge in [-0.25, -0.2) is 0 Å². The zero-order chi connectivity index (χ0) is 26.5. The predicted molar refractivity (Wildman–Crippen MR) is 147 cm³/mol. The third-order valence-corrected chi connectivity index (χ3v) is 9.64. The van der Waals surface area contributed by atoms with Crippen molar-refractivity contribution in [3.8, 4) is 5.75 Å². The van der Waals surface area contributed by atoms with Crippen LogP contribution in [0.3, 0.4) is 0 Å². The van der Waals surface area contributed by atoms with Crippen LogP contribution in [-0.2, 0) is 15.7 Å². The third-order valence-electron chi connectivity index (χ3n) is 9.64. The van der Waals surface area contributed by atoms with Crippen LogP contribution < -0.4 is 10.1 Å². The Morgan fingerprint density at radius 3 is 2.46 bits per heavy atom. The van der Waals surface area contributed by atoms with E-state index < -0.39 is 16.9 Å². The fraction of sp³-hybridized carbons (Fsp3) is 0.242. The second-order valence-electron chi connectivity index (χ2n) is 11.0. The number of amides is 1. The summed E-state index contributed by atoms with van der Waals surface area (Å²) in [5.74, 6) is -0.565. The minimum absolute atomic E-state index is 0.0851. The van der Waals surface area contributed by atoms with Crippen LogP contribution in [0.1, 0.15) is 44.7 Å². The largest absolute Gasteiger partial charge is 0.497 e. The number of nitrogens with one attached hydrogen (secondary N) is 1. The molecule has 4 atom stereocenters. The zero-order valence-corrected chi connectivity index (χ0v) is 21.4. The number of ketones is 2. The van der Waals surface area contributed by atoms with Gasteiger partial charge >= 0.3 is 0 Å². The van der Waals surface area contributed by atoms with Crippen molar-refractivity contribution in [1.29, 1.82) is 0 Å². The number of nitrogens with zero attached hydrogens (tertiary/aromatic N) is 1. The van der Waals surface area contributed by atoms with Crippen LogP contribution in [0.2, 0.25) is 0 Å². The van der Waals surface area contributed by atoms with Crippen LogP contribution in [0.15, 0.2) is 84.9 Å². The van der Waals surface area contributed by atoms with Crippen LogP contribution in [0.4, 0.5) is 5.69 Å². The summed E-state index contributed by atoms with van der Waals surface area (Å²) in [5, 5.41) is 4.98. The fourth-order valence-corrected chi connectivity index (χ4v) is 8.37. The highest BCUT2D eigenvalue weighted by molar-refractivity contribution is 6.27. The molecule has 0 aromatic heterocycles. The van der Waals surface area contributed by atoms with Crippen LogP contribution in [0, 0.1) is 5.92 Å². The maximum Gasteiger partial charge on any atom is 0.238 e. The Labute approximate surface area is 225 Å². The fourth-order valence-electron chi connectivity index (χ4n) is 8.37. The summed E-state index contributed by atoms with van der Waals surface area (Å²) in [6.45, 7) is 0.643. The van der Waals surface area contributed by atoms with E-state index in [0.29, 0.717) is 29.1 Å². The highest BCUT2D eigenvalue weighted by Crippen LogP contribution is 2.68. The summed E-state index contributed by atoms with van der Waals surface area (Å²) in [7, 11) is 1.59. The topological polar surface area (TPSA) is 75.7 Å². The normalized spacial score (nSPS) is 28.3. The number of anilines is 1. The molecule has 2 saturated heterocycles. The van der Waals surface area contributed by atoms with E-state index in [1.54, 1.807) is 31.4 Å². The number of fused-ring (bicyclic) bond motifs is 6. The summed E-state index contributed by atoms with van der Waals surface area (Å²) >= 11 is 0. The maximum absolute atomic E-state index is 15.0. The monoisotopic (exact) mass is 514 g/mol. The number of methoxy groups -OCH3 is 1. The van der Waals surface area contributed by atoms with Gasteiger partial charge in [0, 0.05) is 22.9 Å². The molecule has 8 rings (SSSR count). The lowest BCUT2D eigenvalue weighted by atomic mass is 9.56. The first kappa shape index (κ1) is 22.7. The number of carbonyl (C=O) groups excluding carboxylic acids is 3. The van der Waals surface area contributed by atoms with E-state index in [9.17, 15) is 14.4 Å². The molecular formula is C33H26N2O4. The van der Waals surface area contributed by atoms with Crippen molar-refractivity contribution < 1.29 is 19.1 Å². The molecule has 2 fully saturated rings. The Bertz CT molecular complexity index is 1740. The van der Waals surface area contributed by atoms with Crippen LogP contribution in [0.25, 0.3) is 10.8 Å². The van der Waals surface area contributed by atoms with Gasteiger partial charge in [-0.15, -0.1) is 0 Å². The molecule has 3 heterocycles. The first-order chi connectivity index (χ1) is 19.0. The molecule has 0 radical (unpaired) electrons. The molecule has 4 aliphatic rings. The first-order valence-corrected chi connectivity index (χ1v) is 13.5. The van der Waals surface area contributed by atoms with Gasteiger partial charge in [0.2, 0.25) is 5.91 Å². The van der Waals surface area contributed by atoms with Crippen molar-refractivity contribution in [2.45, 2.75) is 29.8 Å². The molecule has 1 N–H and O–H groups in total. The predicted octanol–water partition coefficient (Wildman–Crippen LogP) is 5.11. The van der Waals surface area contributed by atoms with Gasteiger partial charge < -0.3 is 10.1 Å². The zero-order valence-electron chi connectivity index (χ0n) is 21.4. The van der Waals surface area contributed by atoms with Crippen LogP contribution in [0.5, 0.6) is 5.75 Å². The molecule has 4 aromatic carbocycles. The second-order valence-corrected chi connectivity index (χ2v) is 11.0. The number of hydrogen-bond acceptors (Lipinski definition) is 5. The lowest BCUT2D eigenvalue weighted by Gasteiger charge is -2.44. The minimum Gasteiger partial charge on any atom is -0.497 e. The number of rotatable bonds is 3. The SMILES string of the molecule is COc1ccc(C(=O)C2C3CCCN3C3(C(=O)c4cccc5cccc3c45)C23C(=O)Nc2ccccc23)cc1. The molecule has 39 heavy (non-hydrogen) atoms. The molecule has 192 valence electrons. The molecule has 0 saturated carbocycles. The first-order valence-electron chi connectivity index (χ1n) is 13.5. The molecule has 0 bridgehead atoms. The number of ether oxygens (including phenoxy) is 1. The molecule has 6 nitrogen and oxygen atoms in total. The second kappa shape index (κ2) is 7.64. The summed E-state index contributed by atoms with van der Waals surface area (Å²) in [5.41, 5.74) is 0.646. The number of para-hydroxylation sites is 1. The summed E-state index contributed by atoms with van der Waals surface area (Å²) in [4.78, 5) is 46.6. The Balaban J connectivity index is 1.48. The minimum atomic E-state index is -1.42. The standard InChI is InChI=1S/C33H26N2O4/c1-39-21-16-14-20(15-17-21)29(36)28-26-13-6-18-35(26)33(32(28)23-10-2-3-12-25(23)34-31(32)38)24-11-5-8-19-7-4-9-22(27(19)24)30(33)37/h2-5,7-12,14-17,26,28H,6,13,18H2,1H3,(H,34,38). The molecule has 4 unspecified atom stereocenters. The summed E-state index contributed by atoms with van der Waals surface area (Å²) in [6, 6.07) is 26.2. The Kier molecular flexibility index (Phi) is 4.44.